The van der Waals surface area contributed by atoms with Crippen LogP contribution in [-0.2, 0) is 0 Å². The summed E-state index contributed by atoms with van der Waals surface area (Å²) in [5.41, 5.74) is 5.27. The van der Waals surface area contributed by atoms with Crippen molar-refractivity contribution >= 4 is 11.8 Å². The number of amides is 2. The molecule has 0 unspecified atom stereocenters. The summed E-state index contributed by atoms with van der Waals surface area (Å²) in [5.74, 6) is 0.279. The Hall–Kier alpha value is -2.09. The minimum absolute atomic E-state index is 0.279. The third kappa shape index (κ3) is 1.95. The molecule has 0 aliphatic rings. The molecule has 60 valence electrons. The molecular weight excluding hydrogens is 156 g/mol. The SMILES string of the molecule is N#Cc1ccnc(NC(N)=O)c1. The normalized spacial score (nSPS) is 8.58. The Kier molecular flexibility index (Phi) is 2.23. The lowest BCUT2D eigenvalue weighted by molar-refractivity contribution is 0.259. The summed E-state index contributed by atoms with van der Waals surface area (Å²) in [6.45, 7) is 0. The van der Waals surface area contributed by atoms with Gasteiger partial charge < -0.3 is 5.73 Å². The monoisotopic (exact) mass is 162 g/mol. The van der Waals surface area contributed by atoms with Gasteiger partial charge in [-0.15, -0.1) is 0 Å². The summed E-state index contributed by atoms with van der Waals surface area (Å²) in [5, 5.41) is 10.7. The molecule has 0 radical (unpaired) electrons. The maximum atomic E-state index is 10.4. The highest BCUT2D eigenvalue weighted by Crippen LogP contribution is 2.04. The van der Waals surface area contributed by atoms with E-state index in [1.165, 1.54) is 18.3 Å². The molecule has 5 nitrogen and oxygen atoms in total. The Bertz CT molecular complexity index is 342. The molecule has 0 aliphatic carbocycles. The molecule has 0 saturated heterocycles. The molecule has 0 atom stereocenters. The van der Waals surface area contributed by atoms with Gasteiger partial charge in [-0.05, 0) is 12.1 Å². The molecule has 0 saturated carbocycles. The molecule has 1 rings (SSSR count). The maximum absolute atomic E-state index is 10.4. The van der Waals surface area contributed by atoms with Crippen molar-refractivity contribution in [2.24, 2.45) is 5.73 Å². The molecule has 0 spiro atoms. The predicted octanol–water partition coefficient (Wildman–Crippen LogP) is 0.444. The number of carbonyl (C=O) groups is 1. The van der Waals surface area contributed by atoms with Gasteiger partial charge in [-0.2, -0.15) is 5.26 Å². The lowest BCUT2D eigenvalue weighted by Gasteiger charge is -1.98. The van der Waals surface area contributed by atoms with Crippen LogP contribution in [0.2, 0.25) is 0 Å². The van der Waals surface area contributed by atoms with E-state index >= 15 is 0 Å². The molecule has 12 heavy (non-hydrogen) atoms. The number of nitrogens with zero attached hydrogens (tertiary/aromatic N) is 2. The average molecular weight is 162 g/mol. The number of urea groups is 1. The average Bonchev–Trinajstić information content (AvgIpc) is 2.03. The van der Waals surface area contributed by atoms with E-state index in [0.29, 0.717) is 5.56 Å². The fraction of sp³-hybridized carbons (Fsp3) is 0. The van der Waals surface area contributed by atoms with Crippen molar-refractivity contribution < 1.29 is 4.79 Å². The van der Waals surface area contributed by atoms with Gasteiger partial charge in [0.05, 0.1) is 11.6 Å². The molecule has 0 aliphatic heterocycles. The molecule has 0 bridgehead atoms. The highest BCUT2D eigenvalue weighted by molar-refractivity contribution is 5.86. The molecule has 0 fully saturated rings. The fourth-order valence-electron chi connectivity index (χ4n) is 0.695. The van der Waals surface area contributed by atoms with E-state index in [9.17, 15) is 4.79 Å². The molecule has 2 amide bonds. The van der Waals surface area contributed by atoms with Gasteiger partial charge in [0, 0.05) is 6.20 Å². The molecule has 1 aromatic rings. The first-order valence-corrected chi connectivity index (χ1v) is 3.15. The number of nitrogens with one attached hydrogen (secondary N) is 1. The van der Waals surface area contributed by atoms with Crippen molar-refractivity contribution in [3.63, 3.8) is 0 Å². The smallest absolute Gasteiger partial charge is 0.317 e. The molecular formula is C7H6N4O. The van der Waals surface area contributed by atoms with Crippen LogP contribution in [0.15, 0.2) is 18.3 Å². The van der Waals surface area contributed by atoms with Gasteiger partial charge in [0.2, 0.25) is 0 Å². The molecule has 0 aromatic carbocycles. The molecule has 5 heteroatoms. The summed E-state index contributed by atoms with van der Waals surface area (Å²) in [6.07, 6.45) is 1.42. The van der Waals surface area contributed by atoms with Crippen LogP contribution in [0.1, 0.15) is 5.56 Å². The maximum Gasteiger partial charge on any atom is 0.317 e. The van der Waals surface area contributed by atoms with Crippen LogP contribution in [0.4, 0.5) is 10.6 Å². The van der Waals surface area contributed by atoms with Crippen molar-refractivity contribution in [3.8, 4) is 6.07 Å². The number of pyridine rings is 1. The lowest BCUT2D eigenvalue weighted by atomic mass is 10.3. The van der Waals surface area contributed by atoms with Gasteiger partial charge in [0.15, 0.2) is 0 Å². The molecule has 1 heterocycles. The van der Waals surface area contributed by atoms with Gasteiger partial charge in [0.1, 0.15) is 5.82 Å². The van der Waals surface area contributed by atoms with Crippen LogP contribution in [0.25, 0.3) is 0 Å². The fourth-order valence-corrected chi connectivity index (χ4v) is 0.695. The first-order valence-electron chi connectivity index (χ1n) is 3.15. The Morgan fingerprint density at radius 1 is 1.75 bits per heavy atom. The van der Waals surface area contributed by atoms with Crippen molar-refractivity contribution in [2.45, 2.75) is 0 Å². The first kappa shape index (κ1) is 8.01. The van der Waals surface area contributed by atoms with Gasteiger partial charge in [-0.1, -0.05) is 0 Å². The van der Waals surface area contributed by atoms with Gasteiger partial charge in [0.25, 0.3) is 0 Å². The Morgan fingerprint density at radius 3 is 3.08 bits per heavy atom. The zero-order valence-electron chi connectivity index (χ0n) is 6.11. The van der Waals surface area contributed by atoms with Gasteiger partial charge >= 0.3 is 6.03 Å². The summed E-state index contributed by atoms with van der Waals surface area (Å²) in [7, 11) is 0. The third-order valence-electron chi connectivity index (χ3n) is 1.14. The standard InChI is InChI=1S/C7H6N4O/c8-4-5-1-2-10-6(3-5)11-7(9)12/h1-3H,(H3,9,10,11,12). The van der Waals surface area contributed by atoms with Crippen molar-refractivity contribution in [3.05, 3.63) is 23.9 Å². The second-order valence-corrected chi connectivity index (χ2v) is 2.03. The summed E-state index contributed by atoms with van der Waals surface area (Å²) >= 11 is 0. The minimum Gasteiger partial charge on any atom is -0.351 e. The van der Waals surface area contributed by atoms with E-state index in [4.69, 9.17) is 11.0 Å². The van der Waals surface area contributed by atoms with Crippen molar-refractivity contribution in [1.29, 1.82) is 5.26 Å². The zero-order valence-corrected chi connectivity index (χ0v) is 6.11. The zero-order chi connectivity index (χ0) is 8.97. The third-order valence-corrected chi connectivity index (χ3v) is 1.14. The van der Waals surface area contributed by atoms with Gasteiger partial charge in [-0.3, -0.25) is 5.32 Å². The number of anilines is 1. The summed E-state index contributed by atoms with van der Waals surface area (Å²) in [4.78, 5) is 14.1. The Labute approximate surface area is 68.8 Å². The van der Waals surface area contributed by atoms with E-state index in [2.05, 4.69) is 10.3 Å². The number of hydrogen-bond acceptors (Lipinski definition) is 3. The number of hydrogen-bond donors (Lipinski definition) is 2. The van der Waals surface area contributed by atoms with Crippen LogP contribution in [0.5, 0.6) is 0 Å². The highest BCUT2D eigenvalue weighted by atomic mass is 16.2. The first-order chi connectivity index (χ1) is 5.72. The van der Waals surface area contributed by atoms with Crippen LogP contribution in [-0.4, -0.2) is 11.0 Å². The number of primary amides is 1. The minimum atomic E-state index is -0.697. The van der Waals surface area contributed by atoms with E-state index in [1.54, 1.807) is 0 Å². The summed E-state index contributed by atoms with van der Waals surface area (Å²) in [6, 6.07) is 4.18. The second-order valence-electron chi connectivity index (χ2n) is 2.03. The van der Waals surface area contributed by atoms with Crippen LogP contribution >= 0.6 is 0 Å². The quantitative estimate of drug-likeness (QED) is 0.627. The van der Waals surface area contributed by atoms with Crippen LogP contribution < -0.4 is 11.1 Å². The number of nitriles is 1. The van der Waals surface area contributed by atoms with Crippen molar-refractivity contribution in [2.75, 3.05) is 5.32 Å². The Balaban J connectivity index is 2.88. The van der Waals surface area contributed by atoms with E-state index in [-0.39, 0.29) is 5.82 Å². The van der Waals surface area contributed by atoms with E-state index in [0.717, 1.165) is 0 Å². The topological polar surface area (TPSA) is 91.8 Å². The summed E-state index contributed by atoms with van der Waals surface area (Å²) < 4.78 is 0. The van der Waals surface area contributed by atoms with Crippen LogP contribution in [0.3, 0.4) is 0 Å². The molecule has 1 aromatic heterocycles. The second kappa shape index (κ2) is 3.34. The van der Waals surface area contributed by atoms with Gasteiger partial charge in [-0.25, -0.2) is 9.78 Å². The Morgan fingerprint density at radius 2 is 2.50 bits per heavy atom. The van der Waals surface area contributed by atoms with E-state index in [1.807, 2.05) is 6.07 Å². The highest BCUT2D eigenvalue weighted by Gasteiger charge is 1.97. The number of rotatable bonds is 1. The van der Waals surface area contributed by atoms with E-state index < -0.39 is 6.03 Å². The number of carbonyl (C=O) groups excluding carboxylic acids is 1. The molecule has 3 N–H and O–H groups in total. The number of aromatic nitrogens is 1. The predicted molar refractivity (Wildman–Crippen MR) is 42.2 cm³/mol. The van der Waals surface area contributed by atoms with Crippen molar-refractivity contribution in [1.82, 2.24) is 4.98 Å². The number of nitrogens with two attached hydrogens (primary N) is 1. The van der Waals surface area contributed by atoms with Crippen LogP contribution in [0, 0.1) is 11.3 Å². The lowest BCUT2D eigenvalue weighted by Crippen LogP contribution is -2.19. The largest absolute Gasteiger partial charge is 0.351 e.